The number of nitrogen functional groups attached to an aromatic ring is 1. The van der Waals surface area contributed by atoms with Crippen molar-refractivity contribution >= 4 is 23.2 Å². The van der Waals surface area contributed by atoms with E-state index in [9.17, 15) is 9.59 Å². The Kier molecular flexibility index (Phi) is 5.16. The fourth-order valence-electron chi connectivity index (χ4n) is 2.60. The molecule has 0 saturated carbocycles. The molecule has 2 amide bonds. The van der Waals surface area contributed by atoms with Gasteiger partial charge >= 0.3 is 0 Å². The number of likely N-dealkylation sites (tertiary alicyclic amines) is 1. The molecule has 1 atom stereocenters. The molecule has 6 nitrogen and oxygen atoms in total. The molecule has 0 aliphatic carbocycles. The summed E-state index contributed by atoms with van der Waals surface area (Å²) in [6.07, 6.45) is 2.84. The van der Waals surface area contributed by atoms with Crippen LogP contribution in [0.4, 0.5) is 11.4 Å². The minimum Gasteiger partial charge on any atom is -0.399 e. The largest absolute Gasteiger partial charge is 0.399 e. The molecule has 6 heteroatoms. The third-order valence-electron chi connectivity index (χ3n) is 3.70. The molecule has 0 bridgehead atoms. The molecule has 1 fully saturated rings. The summed E-state index contributed by atoms with van der Waals surface area (Å²) in [6, 6.07) is 6.80. The highest BCUT2D eigenvalue weighted by molar-refractivity contribution is 5.93. The smallest absolute Gasteiger partial charge is 0.238 e. The number of anilines is 2. The molecule has 2 rings (SSSR count). The van der Waals surface area contributed by atoms with Crippen molar-refractivity contribution in [2.75, 3.05) is 31.2 Å². The number of likely N-dealkylation sites (N-methyl/N-ethyl adjacent to an activating group) is 1. The summed E-state index contributed by atoms with van der Waals surface area (Å²) in [5.74, 6) is -0.134. The minimum atomic E-state index is -0.207. The molecule has 114 valence electrons. The van der Waals surface area contributed by atoms with Crippen LogP contribution in [0.5, 0.6) is 0 Å². The highest BCUT2D eigenvalue weighted by Crippen LogP contribution is 2.17. The van der Waals surface area contributed by atoms with E-state index in [0.717, 1.165) is 25.8 Å². The number of benzene rings is 1. The first-order chi connectivity index (χ1) is 10.1. The number of hydrogen-bond acceptors (Lipinski definition) is 4. The van der Waals surface area contributed by atoms with Crippen LogP contribution < -0.4 is 16.4 Å². The predicted molar refractivity (Wildman–Crippen MR) is 82.8 cm³/mol. The van der Waals surface area contributed by atoms with Gasteiger partial charge in [-0.05, 0) is 43.7 Å². The van der Waals surface area contributed by atoms with Gasteiger partial charge in [0.2, 0.25) is 11.8 Å². The zero-order valence-electron chi connectivity index (χ0n) is 12.3. The zero-order valence-corrected chi connectivity index (χ0v) is 12.3. The number of nitrogens with one attached hydrogen (secondary N) is 2. The van der Waals surface area contributed by atoms with Crippen LogP contribution in [0.25, 0.3) is 0 Å². The third-order valence-corrected chi connectivity index (χ3v) is 3.70. The number of hydrogen-bond donors (Lipinski definition) is 3. The lowest BCUT2D eigenvalue weighted by Gasteiger charge is -2.33. The Morgan fingerprint density at radius 2 is 2.00 bits per heavy atom. The van der Waals surface area contributed by atoms with Crippen molar-refractivity contribution in [2.24, 2.45) is 0 Å². The second-order valence-corrected chi connectivity index (χ2v) is 5.27. The van der Waals surface area contributed by atoms with Gasteiger partial charge in [-0.25, -0.2) is 0 Å². The topological polar surface area (TPSA) is 87.5 Å². The van der Waals surface area contributed by atoms with E-state index in [4.69, 9.17) is 5.73 Å². The first kappa shape index (κ1) is 15.3. The maximum atomic E-state index is 12.1. The Hall–Kier alpha value is -2.08. The van der Waals surface area contributed by atoms with Crippen molar-refractivity contribution in [3.63, 3.8) is 0 Å². The summed E-state index contributed by atoms with van der Waals surface area (Å²) in [6.45, 7) is 0.996. The molecule has 21 heavy (non-hydrogen) atoms. The summed E-state index contributed by atoms with van der Waals surface area (Å²) in [4.78, 5) is 25.9. The summed E-state index contributed by atoms with van der Waals surface area (Å²) >= 11 is 0. The van der Waals surface area contributed by atoms with Crippen molar-refractivity contribution in [1.82, 2.24) is 10.2 Å². The Morgan fingerprint density at radius 3 is 2.67 bits per heavy atom. The van der Waals surface area contributed by atoms with Gasteiger partial charge in [0.25, 0.3) is 0 Å². The van der Waals surface area contributed by atoms with Crippen molar-refractivity contribution in [3.05, 3.63) is 24.3 Å². The van der Waals surface area contributed by atoms with Crippen LogP contribution in [0.3, 0.4) is 0 Å². The molecule has 1 aliphatic heterocycles. The molecule has 1 heterocycles. The fourth-order valence-corrected chi connectivity index (χ4v) is 2.60. The number of carbonyl (C=O) groups is 2. The van der Waals surface area contributed by atoms with Crippen LogP contribution in [-0.4, -0.2) is 42.9 Å². The number of piperidine rings is 1. The molecule has 1 aromatic rings. The Balaban J connectivity index is 1.93. The monoisotopic (exact) mass is 290 g/mol. The van der Waals surface area contributed by atoms with Crippen LogP contribution in [0, 0.1) is 0 Å². The van der Waals surface area contributed by atoms with E-state index in [1.165, 1.54) is 0 Å². The van der Waals surface area contributed by atoms with E-state index in [0.29, 0.717) is 11.4 Å². The Bertz CT molecular complexity index is 501. The molecular weight excluding hydrogens is 268 g/mol. The summed E-state index contributed by atoms with van der Waals surface area (Å²) in [5, 5.41) is 5.49. The van der Waals surface area contributed by atoms with Crippen molar-refractivity contribution in [3.8, 4) is 0 Å². The summed E-state index contributed by atoms with van der Waals surface area (Å²) in [5.41, 5.74) is 6.98. The van der Waals surface area contributed by atoms with Gasteiger partial charge in [-0.15, -0.1) is 0 Å². The predicted octanol–water partition coefficient (Wildman–Crippen LogP) is 0.808. The first-order valence-electron chi connectivity index (χ1n) is 7.21. The average Bonchev–Trinajstić information content (AvgIpc) is 2.49. The molecule has 1 unspecified atom stereocenters. The van der Waals surface area contributed by atoms with Crippen molar-refractivity contribution in [2.45, 2.75) is 25.3 Å². The minimum absolute atomic E-state index is 0.0185. The van der Waals surface area contributed by atoms with Crippen molar-refractivity contribution < 1.29 is 9.59 Å². The van der Waals surface area contributed by atoms with Gasteiger partial charge in [0.05, 0.1) is 12.6 Å². The maximum Gasteiger partial charge on any atom is 0.238 e. The van der Waals surface area contributed by atoms with Gasteiger partial charge in [-0.1, -0.05) is 6.42 Å². The van der Waals surface area contributed by atoms with Crippen LogP contribution in [0.2, 0.25) is 0 Å². The standard InChI is InChI=1S/C15H22N4O2/c1-17-15(21)13-4-2-3-9-19(13)10-14(20)18-12-7-5-11(16)6-8-12/h5-8,13H,2-4,9-10,16H2,1H3,(H,17,21)(H,18,20). The summed E-state index contributed by atoms with van der Waals surface area (Å²) in [7, 11) is 1.63. The second-order valence-electron chi connectivity index (χ2n) is 5.27. The molecule has 4 N–H and O–H groups in total. The SMILES string of the molecule is CNC(=O)C1CCCCN1CC(=O)Nc1ccc(N)cc1. The van der Waals surface area contributed by atoms with Crippen LogP contribution in [0.1, 0.15) is 19.3 Å². The van der Waals surface area contributed by atoms with Gasteiger partial charge < -0.3 is 16.4 Å². The number of nitrogens with zero attached hydrogens (tertiary/aromatic N) is 1. The van der Waals surface area contributed by atoms with Crippen LogP contribution in [0.15, 0.2) is 24.3 Å². The third kappa shape index (κ3) is 4.19. The number of amides is 2. The lowest BCUT2D eigenvalue weighted by Crippen LogP contribution is -2.51. The van der Waals surface area contributed by atoms with E-state index in [1.54, 1.807) is 31.3 Å². The van der Waals surface area contributed by atoms with Crippen molar-refractivity contribution in [1.29, 1.82) is 0 Å². The number of carbonyl (C=O) groups excluding carboxylic acids is 2. The highest BCUT2D eigenvalue weighted by Gasteiger charge is 2.29. The highest BCUT2D eigenvalue weighted by atomic mass is 16.2. The molecule has 0 aromatic heterocycles. The van der Waals surface area contributed by atoms with Gasteiger partial charge in [0.1, 0.15) is 0 Å². The maximum absolute atomic E-state index is 12.1. The lowest BCUT2D eigenvalue weighted by atomic mass is 10.0. The molecular formula is C15H22N4O2. The average molecular weight is 290 g/mol. The van der Waals surface area contributed by atoms with Crippen LogP contribution >= 0.6 is 0 Å². The van der Waals surface area contributed by atoms with Crippen LogP contribution in [-0.2, 0) is 9.59 Å². The first-order valence-corrected chi connectivity index (χ1v) is 7.21. The molecule has 0 spiro atoms. The Labute approximate surface area is 124 Å². The van der Waals surface area contributed by atoms with E-state index >= 15 is 0 Å². The second kappa shape index (κ2) is 7.08. The fraction of sp³-hybridized carbons (Fsp3) is 0.467. The van der Waals surface area contributed by atoms with E-state index < -0.39 is 0 Å². The van der Waals surface area contributed by atoms with E-state index in [2.05, 4.69) is 10.6 Å². The molecule has 1 aromatic carbocycles. The van der Waals surface area contributed by atoms with Gasteiger partial charge in [-0.3, -0.25) is 14.5 Å². The number of nitrogens with two attached hydrogens (primary N) is 1. The normalized spacial score (nSPS) is 19.0. The van der Waals surface area contributed by atoms with E-state index in [1.807, 2.05) is 4.90 Å². The summed E-state index contributed by atoms with van der Waals surface area (Å²) < 4.78 is 0. The molecule has 1 saturated heterocycles. The lowest BCUT2D eigenvalue weighted by molar-refractivity contribution is -0.128. The van der Waals surface area contributed by atoms with Gasteiger partial charge in [0, 0.05) is 18.4 Å². The van der Waals surface area contributed by atoms with Gasteiger partial charge in [0.15, 0.2) is 0 Å². The Morgan fingerprint density at radius 1 is 1.29 bits per heavy atom. The van der Waals surface area contributed by atoms with Gasteiger partial charge in [-0.2, -0.15) is 0 Å². The number of rotatable bonds is 4. The van der Waals surface area contributed by atoms with E-state index in [-0.39, 0.29) is 24.4 Å². The molecule has 0 radical (unpaired) electrons. The molecule has 1 aliphatic rings. The zero-order chi connectivity index (χ0) is 15.2. The quantitative estimate of drug-likeness (QED) is 0.716.